The van der Waals surface area contributed by atoms with Crippen molar-refractivity contribution in [2.45, 2.75) is 19.3 Å². The van der Waals surface area contributed by atoms with Crippen molar-refractivity contribution in [2.75, 3.05) is 19.8 Å². The van der Waals surface area contributed by atoms with Crippen LogP contribution in [0, 0.1) is 0 Å². The van der Waals surface area contributed by atoms with Gasteiger partial charge in [0.15, 0.2) is 6.61 Å². The number of hydrogen-bond acceptors (Lipinski definition) is 3. The van der Waals surface area contributed by atoms with Crippen LogP contribution in [-0.2, 0) is 11.2 Å². The molecule has 4 heteroatoms. The number of benzene rings is 2. The summed E-state index contributed by atoms with van der Waals surface area (Å²) in [5.74, 6) is 1.80. The minimum atomic E-state index is -0.0942. The summed E-state index contributed by atoms with van der Waals surface area (Å²) in [6.07, 6.45) is 1.04. The molecule has 2 aromatic rings. The van der Waals surface area contributed by atoms with E-state index in [1.165, 1.54) is 11.1 Å². The van der Waals surface area contributed by atoms with Crippen molar-refractivity contribution in [3.8, 4) is 11.5 Å². The lowest BCUT2D eigenvalue weighted by Gasteiger charge is -2.30. The van der Waals surface area contributed by atoms with Gasteiger partial charge in [0, 0.05) is 12.5 Å². The highest BCUT2D eigenvalue weighted by Crippen LogP contribution is 2.33. The predicted molar refractivity (Wildman–Crippen MR) is 89.0 cm³/mol. The Morgan fingerprint density at radius 2 is 1.78 bits per heavy atom. The molecule has 1 N–H and O–H groups in total. The third-order valence-corrected chi connectivity index (χ3v) is 4.01. The molecular formula is C19H21NO3. The van der Waals surface area contributed by atoms with Crippen LogP contribution in [0.4, 0.5) is 0 Å². The molecule has 2 aromatic carbocycles. The SMILES string of the molecule is CCOc1ccc(OCC(=O)NCC2Cc3ccccc32)cc1. The van der Waals surface area contributed by atoms with E-state index in [-0.39, 0.29) is 12.5 Å². The molecule has 1 aliphatic rings. The zero-order valence-corrected chi connectivity index (χ0v) is 13.2. The van der Waals surface area contributed by atoms with E-state index >= 15 is 0 Å². The molecule has 23 heavy (non-hydrogen) atoms. The average molecular weight is 311 g/mol. The van der Waals surface area contributed by atoms with Crippen LogP contribution in [0.25, 0.3) is 0 Å². The maximum Gasteiger partial charge on any atom is 0.257 e. The number of amides is 1. The molecular weight excluding hydrogens is 290 g/mol. The highest BCUT2D eigenvalue weighted by Gasteiger charge is 2.25. The van der Waals surface area contributed by atoms with Gasteiger partial charge in [-0.1, -0.05) is 24.3 Å². The molecule has 0 saturated carbocycles. The van der Waals surface area contributed by atoms with Gasteiger partial charge in [-0.3, -0.25) is 4.79 Å². The van der Waals surface area contributed by atoms with Crippen LogP contribution in [0.1, 0.15) is 24.0 Å². The quantitative estimate of drug-likeness (QED) is 0.855. The molecule has 120 valence electrons. The number of rotatable bonds is 7. The van der Waals surface area contributed by atoms with Crippen molar-refractivity contribution in [1.29, 1.82) is 0 Å². The Kier molecular flexibility index (Phi) is 4.81. The molecule has 0 fully saturated rings. The maximum atomic E-state index is 11.9. The predicted octanol–water partition coefficient (Wildman–Crippen LogP) is 2.92. The Morgan fingerprint density at radius 1 is 1.09 bits per heavy atom. The van der Waals surface area contributed by atoms with E-state index in [2.05, 4.69) is 23.5 Å². The molecule has 0 spiro atoms. The van der Waals surface area contributed by atoms with E-state index in [1.807, 2.05) is 25.1 Å². The van der Waals surface area contributed by atoms with Crippen LogP contribution in [0.3, 0.4) is 0 Å². The van der Waals surface area contributed by atoms with Gasteiger partial charge in [-0.25, -0.2) is 0 Å². The van der Waals surface area contributed by atoms with E-state index in [4.69, 9.17) is 9.47 Å². The second-order valence-electron chi connectivity index (χ2n) is 5.60. The first-order valence-corrected chi connectivity index (χ1v) is 7.96. The molecule has 0 aromatic heterocycles. The molecule has 0 heterocycles. The number of ether oxygens (including phenoxy) is 2. The van der Waals surface area contributed by atoms with Gasteiger partial charge in [0.1, 0.15) is 11.5 Å². The summed E-state index contributed by atoms with van der Waals surface area (Å²) in [7, 11) is 0. The Bertz CT molecular complexity index is 667. The zero-order chi connectivity index (χ0) is 16.1. The number of nitrogens with one attached hydrogen (secondary N) is 1. The van der Waals surface area contributed by atoms with E-state index in [1.54, 1.807) is 12.1 Å². The van der Waals surface area contributed by atoms with E-state index in [0.717, 1.165) is 12.2 Å². The summed E-state index contributed by atoms with van der Waals surface area (Å²) in [5.41, 5.74) is 2.73. The van der Waals surface area contributed by atoms with Crippen molar-refractivity contribution in [1.82, 2.24) is 5.32 Å². The fraction of sp³-hybridized carbons (Fsp3) is 0.316. The summed E-state index contributed by atoms with van der Waals surface area (Å²) in [6, 6.07) is 15.7. The first-order valence-electron chi connectivity index (χ1n) is 7.96. The van der Waals surface area contributed by atoms with Crippen LogP contribution < -0.4 is 14.8 Å². The minimum Gasteiger partial charge on any atom is -0.494 e. The zero-order valence-electron chi connectivity index (χ0n) is 13.2. The molecule has 1 atom stereocenters. The fourth-order valence-electron chi connectivity index (χ4n) is 2.78. The van der Waals surface area contributed by atoms with Gasteiger partial charge in [-0.2, -0.15) is 0 Å². The summed E-state index contributed by atoms with van der Waals surface area (Å²) in [5, 5.41) is 2.94. The highest BCUT2D eigenvalue weighted by molar-refractivity contribution is 5.77. The Labute approximate surface area is 136 Å². The number of hydrogen-bond donors (Lipinski definition) is 1. The second-order valence-corrected chi connectivity index (χ2v) is 5.60. The second kappa shape index (κ2) is 7.18. The minimum absolute atomic E-state index is 0.0301. The Balaban J connectivity index is 1.40. The monoisotopic (exact) mass is 311 g/mol. The molecule has 1 aliphatic carbocycles. The highest BCUT2D eigenvalue weighted by atomic mass is 16.5. The lowest BCUT2D eigenvalue weighted by Crippen LogP contribution is -2.35. The van der Waals surface area contributed by atoms with Crippen LogP contribution in [0.5, 0.6) is 11.5 Å². The molecule has 1 amide bonds. The topological polar surface area (TPSA) is 47.6 Å². The number of carbonyl (C=O) groups excluding carboxylic acids is 1. The van der Waals surface area contributed by atoms with Gasteiger partial charge in [-0.05, 0) is 48.7 Å². The van der Waals surface area contributed by atoms with Gasteiger partial charge >= 0.3 is 0 Å². The van der Waals surface area contributed by atoms with Crippen molar-refractivity contribution >= 4 is 5.91 Å². The van der Waals surface area contributed by atoms with Crippen molar-refractivity contribution in [3.63, 3.8) is 0 Å². The van der Waals surface area contributed by atoms with E-state index in [9.17, 15) is 4.79 Å². The van der Waals surface area contributed by atoms with Crippen molar-refractivity contribution in [3.05, 3.63) is 59.7 Å². The van der Waals surface area contributed by atoms with Crippen LogP contribution in [-0.4, -0.2) is 25.7 Å². The maximum absolute atomic E-state index is 11.9. The Morgan fingerprint density at radius 3 is 2.48 bits per heavy atom. The van der Waals surface area contributed by atoms with Crippen LogP contribution >= 0.6 is 0 Å². The number of carbonyl (C=O) groups is 1. The molecule has 1 unspecified atom stereocenters. The summed E-state index contributed by atoms with van der Waals surface area (Å²) >= 11 is 0. The van der Waals surface area contributed by atoms with E-state index in [0.29, 0.717) is 24.8 Å². The largest absolute Gasteiger partial charge is 0.494 e. The Hall–Kier alpha value is -2.49. The first-order chi connectivity index (χ1) is 11.3. The average Bonchev–Trinajstić information content (AvgIpc) is 2.55. The molecule has 0 bridgehead atoms. The van der Waals surface area contributed by atoms with Gasteiger partial charge < -0.3 is 14.8 Å². The number of fused-ring (bicyclic) bond motifs is 1. The summed E-state index contributed by atoms with van der Waals surface area (Å²) in [6.45, 7) is 3.27. The van der Waals surface area contributed by atoms with Gasteiger partial charge in [0.2, 0.25) is 0 Å². The summed E-state index contributed by atoms with van der Waals surface area (Å²) < 4.78 is 10.9. The van der Waals surface area contributed by atoms with Gasteiger partial charge in [0.25, 0.3) is 5.91 Å². The van der Waals surface area contributed by atoms with Gasteiger partial charge in [-0.15, -0.1) is 0 Å². The third kappa shape index (κ3) is 3.83. The third-order valence-electron chi connectivity index (χ3n) is 4.01. The van der Waals surface area contributed by atoms with E-state index < -0.39 is 0 Å². The standard InChI is InChI=1S/C19H21NO3/c1-2-22-16-7-9-17(10-8-16)23-13-19(21)20-12-15-11-14-5-3-4-6-18(14)15/h3-10,15H,2,11-13H2,1H3,(H,20,21). The fourth-order valence-corrected chi connectivity index (χ4v) is 2.78. The van der Waals surface area contributed by atoms with Crippen molar-refractivity contribution in [2.24, 2.45) is 0 Å². The van der Waals surface area contributed by atoms with Crippen LogP contribution in [0.2, 0.25) is 0 Å². The lowest BCUT2D eigenvalue weighted by molar-refractivity contribution is -0.123. The lowest BCUT2D eigenvalue weighted by atomic mass is 9.77. The summed E-state index contributed by atoms with van der Waals surface area (Å²) in [4.78, 5) is 11.9. The first kappa shape index (κ1) is 15.4. The molecule has 0 saturated heterocycles. The molecule has 4 nitrogen and oxygen atoms in total. The van der Waals surface area contributed by atoms with Crippen LogP contribution in [0.15, 0.2) is 48.5 Å². The molecule has 0 aliphatic heterocycles. The molecule has 0 radical (unpaired) electrons. The molecule has 3 rings (SSSR count). The van der Waals surface area contributed by atoms with Gasteiger partial charge in [0.05, 0.1) is 6.61 Å². The van der Waals surface area contributed by atoms with Crippen molar-refractivity contribution < 1.29 is 14.3 Å². The normalized spacial score (nSPS) is 15.3. The smallest absolute Gasteiger partial charge is 0.257 e.